The standard InChI is InChI=1S/C12H19N5O3/c1-8(13)9-3-5-16(6-4-9)11-10(17(18)19)12(20-2)15-7-14-11/h7-9H,3-6,13H2,1-2H3. The molecule has 1 aromatic heterocycles. The van der Waals surface area contributed by atoms with E-state index in [-0.39, 0.29) is 17.6 Å². The SMILES string of the molecule is COc1ncnc(N2CCC(C(C)N)CC2)c1[N+](=O)[O-]. The van der Waals surface area contributed by atoms with Gasteiger partial charge in [-0.15, -0.1) is 0 Å². The first-order valence-corrected chi connectivity index (χ1v) is 6.58. The molecule has 0 bridgehead atoms. The van der Waals surface area contributed by atoms with Crippen LogP contribution in [0.2, 0.25) is 0 Å². The van der Waals surface area contributed by atoms with Crippen molar-refractivity contribution in [1.29, 1.82) is 0 Å². The van der Waals surface area contributed by atoms with Gasteiger partial charge in [-0.05, 0) is 25.7 Å². The van der Waals surface area contributed by atoms with E-state index in [9.17, 15) is 10.1 Å². The molecule has 1 fully saturated rings. The van der Waals surface area contributed by atoms with E-state index in [0.717, 1.165) is 12.8 Å². The molecule has 0 saturated carbocycles. The number of piperidine rings is 1. The Labute approximate surface area is 117 Å². The van der Waals surface area contributed by atoms with Crippen molar-refractivity contribution in [3.63, 3.8) is 0 Å². The van der Waals surface area contributed by atoms with Crippen LogP contribution in [0.3, 0.4) is 0 Å². The van der Waals surface area contributed by atoms with E-state index in [2.05, 4.69) is 9.97 Å². The molecule has 0 aliphatic carbocycles. The average Bonchev–Trinajstić information content (AvgIpc) is 2.46. The molecule has 1 atom stereocenters. The smallest absolute Gasteiger partial charge is 0.372 e. The third kappa shape index (κ3) is 2.79. The third-order valence-corrected chi connectivity index (χ3v) is 3.73. The fourth-order valence-electron chi connectivity index (χ4n) is 2.53. The zero-order valence-corrected chi connectivity index (χ0v) is 11.7. The molecule has 2 heterocycles. The lowest BCUT2D eigenvalue weighted by atomic mass is 9.91. The van der Waals surface area contributed by atoms with Crippen LogP contribution in [-0.2, 0) is 0 Å². The highest BCUT2D eigenvalue weighted by Gasteiger charge is 2.31. The first kappa shape index (κ1) is 14.4. The Morgan fingerprint density at radius 1 is 1.50 bits per heavy atom. The van der Waals surface area contributed by atoms with Crippen LogP contribution >= 0.6 is 0 Å². The molecule has 0 amide bonds. The Morgan fingerprint density at radius 3 is 2.65 bits per heavy atom. The molecular formula is C12H19N5O3. The van der Waals surface area contributed by atoms with Crippen molar-refractivity contribution >= 4 is 11.5 Å². The van der Waals surface area contributed by atoms with Crippen LogP contribution in [0.25, 0.3) is 0 Å². The summed E-state index contributed by atoms with van der Waals surface area (Å²) in [6, 6.07) is 0.145. The van der Waals surface area contributed by atoms with Gasteiger partial charge in [-0.25, -0.2) is 4.98 Å². The first-order chi connectivity index (χ1) is 9.54. The number of nitrogens with zero attached hydrogens (tertiary/aromatic N) is 4. The minimum absolute atomic E-state index is 0.00526. The minimum Gasteiger partial charge on any atom is -0.476 e. The number of hydrogen-bond acceptors (Lipinski definition) is 7. The summed E-state index contributed by atoms with van der Waals surface area (Å²) < 4.78 is 4.96. The maximum atomic E-state index is 11.2. The highest BCUT2D eigenvalue weighted by molar-refractivity contribution is 5.62. The molecule has 1 aliphatic rings. The Hall–Kier alpha value is -1.96. The largest absolute Gasteiger partial charge is 0.476 e. The second kappa shape index (κ2) is 6.00. The number of nitrogens with two attached hydrogens (primary N) is 1. The van der Waals surface area contributed by atoms with Gasteiger partial charge < -0.3 is 15.4 Å². The lowest BCUT2D eigenvalue weighted by Gasteiger charge is -2.34. The molecule has 110 valence electrons. The fraction of sp³-hybridized carbons (Fsp3) is 0.667. The fourth-order valence-corrected chi connectivity index (χ4v) is 2.53. The van der Waals surface area contributed by atoms with Crippen molar-refractivity contribution in [3.05, 3.63) is 16.4 Å². The number of methoxy groups -OCH3 is 1. The normalized spacial score (nSPS) is 17.9. The molecule has 1 unspecified atom stereocenters. The lowest BCUT2D eigenvalue weighted by molar-refractivity contribution is -0.385. The van der Waals surface area contributed by atoms with Gasteiger partial charge in [-0.3, -0.25) is 10.1 Å². The zero-order chi connectivity index (χ0) is 14.7. The highest BCUT2D eigenvalue weighted by atomic mass is 16.6. The summed E-state index contributed by atoms with van der Waals surface area (Å²) in [5, 5.41) is 11.2. The maximum absolute atomic E-state index is 11.2. The van der Waals surface area contributed by atoms with E-state index in [1.54, 1.807) is 0 Å². The van der Waals surface area contributed by atoms with Crippen LogP contribution in [0.1, 0.15) is 19.8 Å². The van der Waals surface area contributed by atoms with Gasteiger partial charge >= 0.3 is 5.69 Å². The van der Waals surface area contributed by atoms with Crippen LogP contribution in [0.4, 0.5) is 11.5 Å². The molecule has 0 aromatic carbocycles. The van der Waals surface area contributed by atoms with E-state index in [1.165, 1.54) is 13.4 Å². The predicted molar refractivity (Wildman–Crippen MR) is 73.8 cm³/mol. The Morgan fingerprint density at radius 2 is 2.15 bits per heavy atom. The molecule has 20 heavy (non-hydrogen) atoms. The van der Waals surface area contributed by atoms with Crippen molar-refractivity contribution in [3.8, 4) is 5.88 Å². The summed E-state index contributed by atoms with van der Waals surface area (Å²) >= 11 is 0. The van der Waals surface area contributed by atoms with Gasteiger partial charge in [0.05, 0.1) is 12.0 Å². The zero-order valence-electron chi connectivity index (χ0n) is 11.7. The number of nitro groups is 1. The number of ether oxygens (including phenoxy) is 1. The molecule has 1 aromatic rings. The van der Waals surface area contributed by atoms with Crippen molar-refractivity contribution in [2.75, 3.05) is 25.1 Å². The number of aromatic nitrogens is 2. The number of hydrogen-bond donors (Lipinski definition) is 1. The summed E-state index contributed by atoms with van der Waals surface area (Å²) in [6.45, 7) is 3.40. The van der Waals surface area contributed by atoms with E-state index in [0.29, 0.717) is 24.8 Å². The number of anilines is 1. The molecule has 8 heteroatoms. The van der Waals surface area contributed by atoms with Crippen LogP contribution in [0.15, 0.2) is 6.33 Å². The average molecular weight is 281 g/mol. The molecule has 8 nitrogen and oxygen atoms in total. The van der Waals surface area contributed by atoms with E-state index in [4.69, 9.17) is 10.5 Å². The van der Waals surface area contributed by atoms with E-state index in [1.807, 2.05) is 11.8 Å². The quantitative estimate of drug-likeness (QED) is 0.646. The second-order valence-corrected chi connectivity index (χ2v) is 5.00. The monoisotopic (exact) mass is 281 g/mol. The van der Waals surface area contributed by atoms with Gasteiger partial charge in [0.25, 0.3) is 5.88 Å². The van der Waals surface area contributed by atoms with Gasteiger partial charge in [0.15, 0.2) is 0 Å². The number of rotatable bonds is 4. The Bertz CT molecular complexity index is 486. The van der Waals surface area contributed by atoms with Gasteiger partial charge in [-0.1, -0.05) is 0 Å². The molecule has 2 N–H and O–H groups in total. The van der Waals surface area contributed by atoms with Gasteiger partial charge in [0.1, 0.15) is 6.33 Å². The molecule has 2 rings (SSSR count). The topological polar surface area (TPSA) is 107 Å². The van der Waals surface area contributed by atoms with E-state index >= 15 is 0 Å². The Balaban J connectivity index is 2.24. The van der Waals surface area contributed by atoms with Crippen LogP contribution in [-0.4, -0.2) is 41.1 Å². The molecule has 0 radical (unpaired) electrons. The Kier molecular flexibility index (Phi) is 4.33. The second-order valence-electron chi connectivity index (χ2n) is 5.00. The van der Waals surface area contributed by atoms with Gasteiger partial charge in [0, 0.05) is 19.1 Å². The van der Waals surface area contributed by atoms with Gasteiger partial charge in [0.2, 0.25) is 5.82 Å². The molecule has 1 aliphatic heterocycles. The summed E-state index contributed by atoms with van der Waals surface area (Å²) in [6.07, 6.45) is 3.10. The van der Waals surface area contributed by atoms with E-state index < -0.39 is 4.92 Å². The summed E-state index contributed by atoms with van der Waals surface area (Å²) in [5.74, 6) is 0.772. The molecule has 0 spiro atoms. The predicted octanol–water partition coefficient (Wildman–Crippen LogP) is 0.957. The summed E-state index contributed by atoms with van der Waals surface area (Å²) in [5.41, 5.74) is 5.73. The van der Waals surface area contributed by atoms with Gasteiger partial charge in [-0.2, -0.15) is 4.98 Å². The molecular weight excluding hydrogens is 262 g/mol. The van der Waals surface area contributed by atoms with Crippen molar-refractivity contribution in [2.45, 2.75) is 25.8 Å². The van der Waals surface area contributed by atoms with Crippen molar-refractivity contribution in [1.82, 2.24) is 9.97 Å². The van der Waals surface area contributed by atoms with Crippen molar-refractivity contribution < 1.29 is 9.66 Å². The maximum Gasteiger partial charge on any atom is 0.372 e. The van der Waals surface area contributed by atoms with Crippen LogP contribution < -0.4 is 15.4 Å². The third-order valence-electron chi connectivity index (χ3n) is 3.73. The molecule has 1 saturated heterocycles. The summed E-state index contributed by atoms with van der Waals surface area (Å²) in [4.78, 5) is 20.5. The van der Waals surface area contributed by atoms with Crippen LogP contribution in [0.5, 0.6) is 5.88 Å². The lowest BCUT2D eigenvalue weighted by Crippen LogP contribution is -2.40. The first-order valence-electron chi connectivity index (χ1n) is 6.58. The highest BCUT2D eigenvalue weighted by Crippen LogP contribution is 2.35. The van der Waals surface area contributed by atoms with Crippen LogP contribution in [0, 0.1) is 16.0 Å². The summed E-state index contributed by atoms with van der Waals surface area (Å²) in [7, 11) is 1.36. The minimum atomic E-state index is -0.494. The van der Waals surface area contributed by atoms with Crippen molar-refractivity contribution in [2.24, 2.45) is 11.7 Å².